The number of nitrogens with zero attached hydrogens (tertiary/aromatic N) is 1. The Morgan fingerprint density at radius 3 is 2.65 bits per heavy atom. The molecule has 1 aromatic heterocycles. The first kappa shape index (κ1) is 14.5. The van der Waals surface area contributed by atoms with Crippen LogP contribution in [0.15, 0.2) is 30.3 Å². The highest BCUT2D eigenvalue weighted by molar-refractivity contribution is 5.32. The van der Waals surface area contributed by atoms with Crippen molar-refractivity contribution >= 4 is 0 Å². The Balaban J connectivity index is 2.16. The minimum Gasteiger partial charge on any atom is -0.487 e. The molecule has 2 rings (SSSR count). The van der Waals surface area contributed by atoms with E-state index in [-0.39, 0.29) is 0 Å². The van der Waals surface area contributed by atoms with Gasteiger partial charge >= 0.3 is 0 Å². The molecule has 0 atom stereocenters. The van der Waals surface area contributed by atoms with Gasteiger partial charge in [-0.05, 0) is 51.1 Å². The number of aromatic nitrogens is 1. The molecule has 0 saturated heterocycles. The van der Waals surface area contributed by atoms with Gasteiger partial charge in [0.05, 0.1) is 5.69 Å². The molecular formula is C17H22N2O. The molecule has 20 heavy (non-hydrogen) atoms. The van der Waals surface area contributed by atoms with Gasteiger partial charge in [-0.3, -0.25) is 4.98 Å². The van der Waals surface area contributed by atoms with Crippen LogP contribution in [0.25, 0.3) is 0 Å². The van der Waals surface area contributed by atoms with Gasteiger partial charge in [0, 0.05) is 12.2 Å². The fraction of sp³-hybridized carbons (Fsp3) is 0.353. The quantitative estimate of drug-likeness (QED) is 0.905. The summed E-state index contributed by atoms with van der Waals surface area (Å²) in [6, 6.07) is 10.4. The molecule has 0 bridgehead atoms. The zero-order chi connectivity index (χ0) is 14.5. The molecule has 2 aromatic rings. The number of ether oxygens (including phenoxy) is 1. The predicted octanol–water partition coefficient (Wildman–Crippen LogP) is 3.31. The largest absolute Gasteiger partial charge is 0.487 e. The third-order valence-electron chi connectivity index (χ3n) is 3.30. The monoisotopic (exact) mass is 270 g/mol. The Labute approximate surface area is 121 Å². The molecule has 0 radical (unpaired) electrons. The van der Waals surface area contributed by atoms with Crippen LogP contribution >= 0.6 is 0 Å². The zero-order valence-corrected chi connectivity index (χ0v) is 12.7. The molecule has 0 aliphatic heterocycles. The van der Waals surface area contributed by atoms with E-state index in [1.807, 2.05) is 26.1 Å². The average Bonchev–Trinajstić information content (AvgIpc) is 2.42. The molecule has 3 heteroatoms. The summed E-state index contributed by atoms with van der Waals surface area (Å²) >= 11 is 0. The van der Waals surface area contributed by atoms with Crippen LogP contribution in [-0.4, -0.2) is 12.0 Å². The van der Waals surface area contributed by atoms with Gasteiger partial charge in [-0.2, -0.15) is 0 Å². The number of hydrogen-bond acceptors (Lipinski definition) is 3. The van der Waals surface area contributed by atoms with E-state index < -0.39 is 0 Å². The Morgan fingerprint density at radius 2 is 1.90 bits per heavy atom. The van der Waals surface area contributed by atoms with Gasteiger partial charge in [0.25, 0.3) is 0 Å². The number of pyridine rings is 1. The van der Waals surface area contributed by atoms with E-state index in [4.69, 9.17) is 4.74 Å². The summed E-state index contributed by atoms with van der Waals surface area (Å²) in [5.74, 6) is 0.853. The SMILES string of the molecule is CNCc1nc(C)ccc1OCc1cc(C)ccc1C. The van der Waals surface area contributed by atoms with E-state index in [0.29, 0.717) is 13.2 Å². The Morgan fingerprint density at radius 1 is 1.10 bits per heavy atom. The third-order valence-corrected chi connectivity index (χ3v) is 3.30. The lowest BCUT2D eigenvalue weighted by Crippen LogP contribution is -2.10. The molecule has 0 aliphatic rings. The van der Waals surface area contributed by atoms with Gasteiger partial charge < -0.3 is 10.1 Å². The smallest absolute Gasteiger partial charge is 0.142 e. The van der Waals surface area contributed by atoms with Gasteiger partial charge in [0.1, 0.15) is 12.4 Å². The van der Waals surface area contributed by atoms with Crippen molar-refractivity contribution < 1.29 is 4.74 Å². The molecule has 0 aliphatic carbocycles. The van der Waals surface area contributed by atoms with Crippen LogP contribution in [0.3, 0.4) is 0 Å². The second kappa shape index (κ2) is 6.53. The molecule has 0 amide bonds. The van der Waals surface area contributed by atoms with E-state index in [1.165, 1.54) is 16.7 Å². The molecule has 1 N–H and O–H groups in total. The van der Waals surface area contributed by atoms with Gasteiger partial charge in [0.2, 0.25) is 0 Å². The molecule has 3 nitrogen and oxygen atoms in total. The summed E-state index contributed by atoms with van der Waals surface area (Å²) in [6.07, 6.45) is 0. The molecule has 0 fully saturated rings. The van der Waals surface area contributed by atoms with Crippen LogP contribution in [0, 0.1) is 20.8 Å². The van der Waals surface area contributed by atoms with Crippen LogP contribution in [-0.2, 0) is 13.2 Å². The summed E-state index contributed by atoms with van der Waals surface area (Å²) in [6.45, 7) is 7.50. The standard InChI is InChI=1S/C17H22N2O/c1-12-5-6-13(2)15(9-12)11-20-17-8-7-14(3)19-16(17)10-18-4/h5-9,18H,10-11H2,1-4H3. The topological polar surface area (TPSA) is 34.2 Å². The van der Waals surface area contributed by atoms with Crippen LogP contribution in [0.5, 0.6) is 5.75 Å². The second-order valence-corrected chi connectivity index (χ2v) is 5.15. The average molecular weight is 270 g/mol. The highest BCUT2D eigenvalue weighted by Crippen LogP contribution is 2.20. The van der Waals surface area contributed by atoms with Crippen molar-refractivity contribution in [2.75, 3.05) is 7.05 Å². The van der Waals surface area contributed by atoms with Crippen molar-refractivity contribution in [1.29, 1.82) is 0 Å². The minimum atomic E-state index is 0.578. The number of hydrogen-bond donors (Lipinski definition) is 1. The first-order chi connectivity index (χ1) is 9.60. The van der Waals surface area contributed by atoms with Gasteiger partial charge in [0.15, 0.2) is 0 Å². The fourth-order valence-corrected chi connectivity index (χ4v) is 2.13. The van der Waals surface area contributed by atoms with E-state index in [1.54, 1.807) is 0 Å². The summed E-state index contributed by atoms with van der Waals surface area (Å²) < 4.78 is 5.96. The van der Waals surface area contributed by atoms with E-state index in [9.17, 15) is 0 Å². The maximum Gasteiger partial charge on any atom is 0.142 e. The Kier molecular flexibility index (Phi) is 4.74. The summed E-state index contributed by atoms with van der Waals surface area (Å²) in [5, 5.41) is 3.13. The molecular weight excluding hydrogens is 248 g/mol. The van der Waals surface area contributed by atoms with Crippen LogP contribution in [0.2, 0.25) is 0 Å². The van der Waals surface area contributed by atoms with Gasteiger partial charge in [-0.25, -0.2) is 0 Å². The van der Waals surface area contributed by atoms with E-state index in [0.717, 1.165) is 17.1 Å². The van der Waals surface area contributed by atoms with Crippen molar-refractivity contribution in [3.8, 4) is 5.75 Å². The predicted molar refractivity (Wildman–Crippen MR) is 82.0 cm³/mol. The first-order valence-corrected chi connectivity index (χ1v) is 6.90. The summed E-state index contributed by atoms with van der Waals surface area (Å²) in [7, 11) is 1.92. The lowest BCUT2D eigenvalue weighted by atomic mass is 10.1. The van der Waals surface area contributed by atoms with Crippen molar-refractivity contribution in [1.82, 2.24) is 10.3 Å². The normalized spacial score (nSPS) is 10.6. The minimum absolute atomic E-state index is 0.578. The van der Waals surface area contributed by atoms with Crippen LogP contribution in [0.4, 0.5) is 0 Å². The van der Waals surface area contributed by atoms with Crippen molar-refractivity contribution in [2.45, 2.75) is 33.9 Å². The molecule has 0 saturated carbocycles. The lowest BCUT2D eigenvalue weighted by molar-refractivity contribution is 0.299. The van der Waals surface area contributed by atoms with Gasteiger partial charge in [-0.1, -0.05) is 23.8 Å². The highest BCUT2D eigenvalue weighted by atomic mass is 16.5. The second-order valence-electron chi connectivity index (χ2n) is 5.15. The van der Waals surface area contributed by atoms with Crippen LogP contribution in [0.1, 0.15) is 28.1 Å². The van der Waals surface area contributed by atoms with Crippen molar-refractivity contribution in [3.05, 3.63) is 58.4 Å². The summed E-state index contributed by atoms with van der Waals surface area (Å²) in [5.41, 5.74) is 5.70. The Bertz CT molecular complexity index is 594. The highest BCUT2D eigenvalue weighted by Gasteiger charge is 2.07. The molecule has 1 aromatic carbocycles. The first-order valence-electron chi connectivity index (χ1n) is 6.90. The summed E-state index contributed by atoms with van der Waals surface area (Å²) in [4.78, 5) is 4.53. The third kappa shape index (κ3) is 3.58. The maximum atomic E-state index is 5.96. The van der Waals surface area contributed by atoms with Crippen molar-refractivity contribution in [3.63, 3.8) is 0 Å². The number of aryl methyl sites for hydroxylation is 3. The lowest BCUT2D eigenvalue weighted by Gasteiger charge is -2.13. The number of rotatable bonds is 5. The maximum absolute atomic E-state index is 5.96. The van der Waals surface area contributed by atoms with Crippen LogP contribution < -0.4 is 10.1 Å². The molecule has 0 spiro atoms. The molecule has 1 heterocycles. The zero-order valence-electron chi connectivity index (χ0n) is 12.7. The Hall–Kier alpha value is -1.87. The fourth-order valence-electron chi connectivity index (χ4n) is 2.13. The number of benzene rings is 1. The molecule has 106 valence electrons. The van der Waals surface area contributed by atoms with Gasteiger partial charge in [-0.15, -0.1) is 0 Å². The molecule has 0 unspecified atom stereocenters. The van der Waals surface area contributed by atoms with E-state index in [2.05, 4.69) is 42.3 Å². The number of nitrogens with one attached hydrogen (secondary N) is 1. The van der Waals surface area contributed by atoms with Crippen molar-refractivity contribution in [2.24, 2.45) is 0 Å². The van der Waals surface area contributed by atoms with E-state index >= 15 is 0 Å².